The van der Waals surface area contributed by atoms with Gasteiger partial charge in [-0.3, -0.25) is 0 Å². The molecule has 0 aliphatic rings. The molecular weight excluding hydrogens is 370 g/mol. The second-order valence-corrected chi connectivity index (χ2v) is 7.50. The first-order chi connectivity index (χ1) is 11.1. The molecule has 0 aliphatic heterocycles. The summed E-state index contributed by atoms with van der Waals surface area (Å²) in [6.07, 6.45) is -4.75. The van der Waals surface area contributed by atoms with Crippen LogP contribution in [0.4, 0.5) is 17.6 Å². The van der Waals surface area contributed by atoms with Gasteiger partial charge in [-0.15, -0.1) is 0 Å². The summed E-state index contributed by atoms with van der Waals surface area (Å²) in [6.45, 7) is -2.17. The number of sulfonamides is 1. The smallest absolute Gasteiger partial charge is 0.402 e. The zero-order valence-electron chi connectivity index (χ0n) is 12.4. The molecule has 1 aromatic heterocycles. The number of methoxy groups -OCH3 is 1. The van der Waals surface area contributed by atoms with Crippen molar-refractivity contribution in [1.82, 2.24) is 4.31 Å². The molecule has 10 heteroatoms. The largest absolute Gasteiger partial charge is 0.495 e. The molecule has 0 radical (unpaired) electrons. The number of nitrogens with zero attached hydrogens (tertiary/aromatic N) is 1. The van der Waals surface area contributed by atoms with Gasteiger partial charge < -0.3 is 4.74 Å². The van der Waals surface area contributed by atoms with Crippen LogP contribution in [0.2, 0.25) is 0 Å². The number of alkyl halides is 3. The van der Waals surface area contributed by atoms with Crippen LogP contribution in [0.15, 0.2) is 39.9 Å². The fraction of sp³-hybridized carbons (Fsp3) is 0.286. The second-order valence-electron chi connectivity index (χ2n) is 4.82. The Kier molecular flexibility index (Phi) is 5.51. The number of ether oxygens (including phenoxy) is 1. The zero-order chi connectivity index (χ0) is 18.0. The molecule has 2 aromatic rings. The van der Waals surface area contributed by atoms with E-state index in [0.717, 1.165) is 19.2 Å². The van der Waals surface area contributed by atoms with Gasteiger partial charge in [0.2, 0.25) is 10.0 Å². The maximum Gasteiger partial charge on any atom is 0.402 e. The van der Waals surface area contributed by atoms with E-state index in [4.69, 9.17) is 4.74 Å². The summed E-state index contributed by atoms with van der Waals surface area (Å²) in [7, 11) is -3.47. The lowest BCUT2D eigenvalue weighted by Crippen LogP contribution is -2.38. The Bertz CT molecular complexity index is 789. The molecule has 0 spiro atoms. The van der Waals surface area contributed by atoms with Crippen LogP contribution < -0.4 is 4.74 Å². The van der Waals surface area contributed by atoms with Crippen LogP contribution in [0.5, 0.6) is 5.75 Å². The average Bonchev–Trinajstić information content (AvgIpc) is 2.98. The van der Waals surface area contributed by atoms with Crippen LogP contribution in [0.1, 0.15) is 5.56 Å². The first-order valence-electron chi connectivity index (χ1n) is 6.55. The molecule has 0 amide bonds. The fourth-order valence-corrected chi connectivity index (χ4v) is 4.24. The van der Waals surface area contributed by atoms with Crippen molar-refractivity contribution in [1.29, 1.82) is 0 Å². The molecule has 0 bridgehead atoms. The summed E-state index contributed by atoms with van der Waals surface area (Å²) >= 11 is 1.23. The summed E-state index contributed by atoms with van der Waals surface area (Å²) in [5.74, 6) is -1.12. The van der Waals surface area contributed by atoms with Gasteiger partial charge in [0.25, 0.3) is 0 Å². The van der Waals surface area contributed by atoms with Crippen molar-refractivity contribution in [3.8, 4) is 5.75 Å². The van der Waals surface area contributed by atoms with E-state index in [1.54, 1.807) is 10.8 Å². The molecule has 1 heterocycles. The highest BCUT2D eigenvalue weighted by Gasteiger charge is 2.38. The molecule has 24 heavy (non-hydrogen) atoms. The van der Waals surface area contributed by atoms with Crippen molar-refractivity contribution >= 4 is 21.4 Å². The summed E-state index contributed by atoms with van der Waals surface area (Å²) in [5.41, 5.74) is 0.406. The van der Waals surface area contributed by atoms with Crippen LogP contribution in [0.25, 0.3) is 0 Å². The van der Waals surface area contributed by atoms with Gasteiger partial charge >= 0.3 is 6.18 Å². The lowest BCUT2D eigenvalue weighted by atomic mass is 10.3. The van der Waals surface area contributed by atoms with Crippen molar-refractivity contribution in [3.63, 3.8) is 0 Å². The normalized spacial score (nSPS) is 12.6. The van der Waals surface area contributed by atoms with E-state index >= 15 is 0 Å². The highest BCUT2D eigenvalue weighted by Crippen LogP contribution is 2.31. The monoisotopic (exact) mass is 383 g/mol. The maximum absolute atomic E-state index is 13.4. The number of hydrogen-bond donors (Lipinski definition) is 0. The van der Waals surface area contributed by atoms with Crippen molar-refractivity contribution in [2.24, 2.45) is 0 Å². The van der Waals surface area contributed by atoms with E-state index in [2.05, 4.69) is 0 Å². The predicted molar refractivity (Wildman–Crippen MR) is 80.9 cm³/mol. The van der Waals surface area contributed by atoms with E-state index < -0.39 is 40.0 Å². The van der Waals surface area contributed by atoms with E-state index in [1.807, 2.05) is 0 Å². The molecule has 0 fully saturated rings. The molecule has 1 aromatic carbocycles. The Morgan fingerprint density at radius 1 is 1.25 bits per heavy atom. The van der Waals surface area contributed by atoms with Gasteiger partial charge in [-0.25, -0.2) is 12.8 Å². The molecule has 2 rings (SSSR count). The molecule has 0 saturated heterocycles. The summed E-state index contributed by atoms with van der Waals surface area (Å²) in [4.78, 5) is -0.649. The molecule has 0 unspecified atom stereocenters. The minimum absolute atomic E-state index is 0.228. The van der Waals surface area contributed by atoms with Crippen molar-refractivity contribution in [3.05, 3.63) is 46.4 Å². The number of hydrogen-bond acceptors (Lipinski definition) is 4. The van der Waals surface area contributed by atoms with Crippen molar-refractivity contribution in [2.75, 3.05) is 13.7 Å². The highest BCUT2D eigenvalue weighted by atomic mass is 32.2. The Labute approximate surface area is 140 Å². The molecule has 132 valence electrons. The summed E-state index contributed by atoms with van der Waals surface area (Å²) in [5, 5.41) is 3.16. The van der Waals surface area contributed by atoms with E-state index in [1.165, 1.54) is 17.4 Å². The third-order valence-electron chi connectivity index (χ3n) is 3.04. The van der Waals surface area contributed by atoms with Crippen LogP contribution >= 0.6 is 11.3 Å². The molecule has 0 atom stereocenters. The van der Waals surface area contributed by atoms with Gasteiger partial charge in [-0.2, -0.15) is 28.8 Å². The standard InChI is InChI=1S/C14H13F4NO3S2/c1-22-12-3-2-11(15)6-13(12)24(20,21)19(9-14(16,17)18)7-10-4-5-23-8-10/h2-6,8H,7,9H2,1H3. The lowest BCUT2D eigenvalue weighted by molar-refractivity contribution is -0.136. The van der Waals surface area contributed by atoms with Gasteiger partial charge in [0, 0.05) is 6.54 Å². The second kappa shape index (κ2) is 7.08. The van der Waals surface area contributed by atoms with E-state index in [9.17, 15) is 26.0 Å². The van der Waals surface area contributed by atoms with Gasteiger partial charge in [-0.1, -0.05) is 0 Å². The zero-order valence-corrected chi connectivity index (χ0v) is 14.0. The predicted octanol–water partition coefficient (Wildman–Crippen LogP) is 3.65. The lowest BCUT2D eigenvalue weighted by Gasteiger charge is -2.24. The van der Waals surface area contributed by atoms with Gasteiger partial charge in [0.15, 0.2) is 0 Å². The minimum atomic E-state index is -4.75. The van der Waals surface area contributed by atoms with Gasteiger partial charge in [-0.05, 0) is 40.6 Å². The highest BCUT2D eigenvalue weighted by molar-refractivity contribution is 7.89. The SMILES string of the molecule is COc1ccc(F)cc1S(=O)(=O)N(Cc1ccsc1)CC(F)(F)F. The fourth-order valence-electron chi connectivity index (χ4n) is 2.00. The number of rotatable bonds is 6. The van der Waals surface area contributed by atoms with Crippen molar-refractivity contribution in [2.45, 2.75) is 17.6 Å². The first-order valence-corrected chi connectivity index (χ1v) is 8.93. The molecule has 0 aliphatic carbocycles. The Morgan fingerprint density at radius 3 is 2.50 bits per heavy atom. The molecular formula is C14H13F4NO3S2. The minimum Gasteiger partial charge on any atom is -0.495 e. The number of halogens is 4. The Balaban J connectivity index is 2.48. The third-order valence-corrected chi connectivity index (χ3v) is 5.58. The van der Waals surface area contributed by atoms with Crippen LogP contribution in [-0.4, -0.2) is 32.6 Å². The Morgan fingerprint density at radius 2 is 1.96 bits per heavy atom. The Hall–Kier alpha value is -1.65. The molecule has 0 saturated carbocycles. The van der Waals surface area contributed by atoms with Crippen molar-refractivity contribution < 1.29 is 30.7 Å². The summed E-state index contributed by atoms with van der Waals surface area (Å²) in [6, 6.07) is 4.18. The van der Waals surface area contributed by atoms with Crippen LogP contribution in [-0.2, 0) is 16.6 Å². The molecule has 4 nitrogen and oxygen atoms in total. The van der Waals surface area contributed by atoms with Gasteiger partial charge in [0.05, 0.1) is 7.11 Å². The van der Waals surface area contributed by atoms with Crippen LogP contribution in [0.3, 0.4) is 0 Å². The van der Waals surface area contributed by atoms with Gasteiger partial charge in [0.1, 0.15) is 23.0 Å². The maximum atomic E-state index is 13.4. The third kappa shape index (κ3) is 4.46. The quantitative estimate of drug-likeness (QED) is 0.716. The first kappa shape index (κ1) is 18.7. The topological polar surface area (TPSA) is 46.6 Å². The summed E-state index contributed by atoms with van der Waals surface area (Å²) < 4.78 is 82.3. The van der Waals surface area contributed by atoms with Crippen LogP contribution in [0, 0.1) is 5.82 Å². The van der Waals surface area contributed by atoms with E-state index in [-0.39, 0.29) is 10.1 Å². The molecule has 0 N–H and O–H groups in total. The van der Waals surface area contributed by atoms with E-state index in [0.29, 0.717) is 11.6 Å². The number of benzene rings is 1. The average molecular weight is 383 g/mol. The number of thiophene rings is 1.